The van der Waals surface area contributed by atoms with Gasteiger partial charge in [-0.05, 0) is 34.7 Å². The van der Waals surface area contributed by atoms with Crippen LogP contribution in [0.2, 0.25) is 0 Å². The Balaban J connectivity index is 2.60. The monoisotopic (exact) mass is 277 g/mol. The van der Waals surface area contributed by atoms with E-state index >= 15 is 0 Å². The van der Waals surface area contributed by atoms with Crippen molar-refractivity contribution in [2.24, 2.45) is 5.73 Å². The minimum absolute atomic E-state index is 0.0967. The summed E-state index contributed by atoms with van der Waals surface area (Å²) in [7, 11) is 0. The fourth-order valence-corrected chi connectivity index (χ4v) is 1.93. The Morgan fingerprint density at radius 2 is 2.33 bits per heavy atom. The van der Waals surface area contributed by atoms with E-state index in [-0.39, 0.29) is 11.8 Å². The normalized spacial score (nSPS) is 20.3. The summed E-state index contributed by atoms with van der Waals surface area (Å²) in [6, 6.07) is 3.51. The number of fused-ring (bicyclic) bond motifs is 1. The number of hydrogen-bond donors (Lipinski definition) is 2. The van der Waals surface area contributed by atoms with E-state index in [0.717, 1.165) is 9.13 Å². The standard InChI is InChI=1S/C8H8INO2/c9-4-1-5-6(10)3-12-8(5)7(11)2-4/h1-2,6,11H,3,10H2. The van der Waals surface area contributed by atoms with Crippen LogP contribution in [-0.4, -0.2) is 11.7 Å². The third-order valence-corrected chi connectivity index (χ3v) is 2.49. The third-order valence-electron chi connectivity index (χ3n) is 1.87. The molecule has 64 valence electrons. The van der Waals surface area contributed by atoms with Crippen LogP contribution in [0.1, 0.15) is 11.6 Å². The minimum Gasteiger partial charge on any atom is -0.504 e. The minimum atomic E-state index is -0.0967. The van der Waals surface area contributed by atoms with Gasteiger partial charge in [0.05, 0.1) is 6.04 Å². The van der Waals surface area contributed by atoms with Gasteiger partial charge < -0.3 is 15.6 Å². The van der Waals surface area contributed by atoms with Gasteiger partial charge in [0.1, 0.15) is 6.61 Å². The molecule has 0 saturated heterocycles. The van der Waals surface area contributed by atoms with Crippen LogP contribution in [0.5, 0.6) is 11.5 Å². The molecule has 1 aliphatic heterocycles. The summed E-state index contributed by atoms with van der Waals surface area (Å²) in [6.07, 6.45) is 0. The molecular weight excluding hydrogens is 269 g/mol. The number of rotatable bonds is 0. The molecule has 1 aromatic carbocycles. The molecular formula is C8H8INO2. The van der Waals surface area contributed by atoms with Gasteiger partial charge in [0.25, 0.3) is 0 Å². The number of ether oxygens (including phenoxy) is 1. The van der Waals surface area contributed by atoms with Gasteiger partial charge >= 0.3 is 0 Å². The molecule has 1 unspecified atom stereocenters. The largest absolute Gasteiger partial charge is 0.504 e. The third kappa shape index (κ3) is 1.15. The van der Waals surface area contributed by atoms with Gasteiger partial charge in [-0.3, -0.25) is 0 Å². The number of benzene rings is 1. The Morgan fingerprint density at radius 1 is 1.58 bits per heavy atom. The van der Waals surface area contributed by atoms with Gasteiger partial charge in [0.2, 0.25) is 0 Å². The van der Waals surface area contributed by atoms with Gasteiger partial charge in [-0.15, -0.1) is 0 Å². The summed E-state index contributed by atoms with van der Waals surface area (Å²) in [5, 5.41) is 9.44. The van der Waals surface area contributed by atoms with Crippen molar-refractivity contribution in [2.45, 2.75) is 6.04 Å². The first-order valence-corrected chi connectivity index (χ1v) is 4.67. The van der Waals surface area contributed by atoms with Crippen LogP contribution in [0.15, 0.2) is 12.1 Å². The molecule has 0 radical (unpaired) electrons. The number of hydrogen-bond acceptors (Lipinski definition) is 3. The smallest absolute Gasteiger partial charge is 0.165 e. The second-order valence-corrected chi connectivity index (χ2v) is 4.01. The van der Waals surface area contributed by atoms with Crippen LogP contribution in [0.25, 0.3) is 0 Å². The molecule has 12 heavy (non-hydrogen) atoms. The fourth-order valence-electron chi connectivity index (χ4n) is 1.30. The summed E-state index contributed by atoms with van der Waals surface area (Å²) in [6.45, 7) is 0.461. The summed E-state index contributed by atoms with van der Waals surface area (Å²) >= 11 is 2.14. The number of phenolic OH excluding ortho intramolecular Hbond substituents is 1. The second-order valence-electron chi connectivity index (χ2n) is 2.76. The van der Waals surface area contributed by atoms with E-state index in [9.17, 15) is 5.11 Å². The summed E-state index contributed by atoms with van der Waals surface area (Å²) < 4.78 is 6.19. The van der Waals surface area contributed by atoms with Crippen molar-refractivity contribution >= 4 is 22.6 Å². The van der Waals surface area contributed by atoms with Gasteiger partial charge in [-0.2, -0.15) is 0 Å². The Kier molecular flexibility index (Phi) is 1.88. The summed E-state index contributed by atoms with van der Waals surface area (Å²) in [5.41, 5.74) is 6.65. The maximum absolute atomic E-state index is 9.44. The van der Waals surface area contributed by atoms with E-state index in [1.165, 1.54) is 0 Å². The Morgan fingerprint density at radius 3 is 3.08 bits per heavy atom. The molecule has 1 aromatic rings. The first-order valence-electron chi connectivity index (χ1n) is 3.59. The Bertz CT molecular complexity index is 327. The summed E-state index contributed by atoms with van der Waals surface area (Å²) in [5.74, 6) is 0.729. The quantitative estimate of drug-likeness (QED) is 0.704. The lowest BCUT2D eigenvalue weighted by Gasteiger charge is -2.03. The molecule has 1 aliphatic rings. The second kappa shape index (κ2) is 2.77. The Hall–Kier alpha value is -0.490. The number of halogens is 1. The molecule has 1 heterocycles. The average molecular weight is 277 g/mol. The van der Waals surface area contributed by atoms with Crippen molar-refractivity contribution < 1.29 is 9.84 Å². The first kappa shape index (κ1) is 8.12. The lowest BCUT2D eigenvalue weighted by atomic mass is 10.1. The van der Waals surface area contributed by atoms with Crippen molar-refractivity contribution in [1.82, 2.24) is 0 Å². The van der Waals surface area contributed by atoms with Crippen LogP contribution in [-0.2, 0) is 0 Å². The molecule has 0 aromatic heterocycles. The zero-order valence-corrected chi connectivity index (χ0v) is 8.41. The lowest BCUT2D eigenvalue weighted by Crippen LogP contribution is -2.10. The fraction of sp³-hybridized carbons (Fsp3) is 0.250. The maximum atomic E-state index is 9.44. The van der Waals surface area contributed by atoms with Crippen molar-refractivity contribution in [3.05, 3.63) is 21.3 Å². The van der Waals surface area contributed by atoms with Crippen molar-refractivity contribution in [2.75, 3.05) is 6.61 Å². The van der Waals surface area contributed by atoms with Crippen LogP contribution >= 0.6 is 22.6 Å². The molecule has 0 spiro atoms. The number of phenols is 1. The molecule has 0 amide bonds. The van der Waals surface area contributed by atoms with E-state index in [4.69, 9.17) is 10.5 Å². The highest BCUT2D eigenvalue weighted by molar-refractivity contribution is 14.1. The molecule has 0 aliphatic carbocycles. The highest BCUT2D eigenvalue weighted by Crippen LogP contribution is 2.39. The molecule has 3 N–H and O–H groups in total. The molecule has 0 fully saturated rings. The van der Waals surface area contributed by atoms with Crippen molar-refractivity contribution in [1.29, 1.82) is 0 Å². The topological polar surface area (TPSA) is 55.5 Å². The van der Waals surface area contributed by atoms with Gasteiger partial charge in [0, 0.05) is 9.13 Å². The van der Waals surface area contributed by atoms with Crippen molar-refractivity contribution in [3.63, 3.8) is 0 Å². The van der Waals surface area contributed by atoms with E-state index in [1.807, 2.05) is 6.07 Å². The zero-order valence-electron chi connectivity index (χ0n) is 6.25. The highest BCUT2D eigenvalue weighted by Gasteiger charge is 2.23. The van der Waals surface area contributed by atoms with Crippen LogP contribution in [0, 0.1) is 3.57 Å². The molecule has 0 bridgehead atoms. The zero-order chi connectivity index (χ0) is 8.72. The predicted octanol–water partition coefficient (Wildman–Crippen LogP) is 1.39. The van der Waals surface area contributed by atoms with Gasteiger partial charge in [-0.1, -0.05) is 0 Å². The van der Waals surface area contributed by atoms with Crippen molar-refractivity contribution in [3.8, 4) is 11.5 Å². The van der Waals surface area contributed by atoms with E-state index < -0.39 is 0 Å². The SMILES string of the molecule is NC1COc2c(O)cc(I)cc21. The van der Waals surface area contributed by atoms with Crippen LogP contribution in [0.4, 0.5) is 0 Å². The summed E-state index contributed by atoms with van der Waals surface area (Å²) in [4.78, 5) is 0. The Labute approximate surface area is 83.7 Å². The molecule has 1 atom stereocenters. The molecule has 0 saturated carbocycles. The lowest BCUT2D eigenvalue weighted by molar-refractivity contribution is 0.317. The van der Waals surface area contributed by atoms with Gasteiger partial charge in [-0.25, -0.2) is 0 Å². The predicted molar refractivity (Wildman–Crippen MR) is 53.2 cm³/mol. The van der Waals surface area contributed by atoms with E-state index in [1.54, 1.807) is 6.07 Å². The first-order chi connectivity index (χ1) is 5.68. The molecule has 2 rings (SSSR count). The number of aromatic hydroxyl groups is 1. The maximum Gasteiger partial charge on any atom is 0.165 e. The van der Waals surface area contributed by atoms with Gasteiger partial charge in [0.15, 0.2) is 11.5 Å². The molecule has 3 nitrogen and oxygen atoms in total. The van der Waals surface area contributed by atoms with E-state index in [2.05, 4.69) is 22.6 Å². The van der Waals surface area contributed by atoms with E-state index in [0.29, 0.717) is 12.4 Å². The average Bonchev–Trinajstić information content (AvgIpc) is 2.33. The van der Waals surface area contributed by atoms with Crippen LogP contribution in [0.3, 0.4) is 0 Å². The highest BCUT2D eigenvalue weighted by atomic mass is 127. The number of nitrogens with two attached hydrogens (primary N) is 1. The molecule has 4 heteroatoms. The van der Waals surface area contributed by atoms with Crippen LogP contribution < -0.4 is 10.5 Å².